The highest BCUT2D eigenvalue weighted by Crippen LogP contribution is 2.39. The molecule has 0 aliphatic rings. The van der Waals surface area contributed by atoms with Crippen LogP contribution in [-0.4, -0.2) is 33.2 Å². The van der Waals surface area contributed by atoms with Gasteiger partial charge >= 0.3 is 0 Å². The summed E-state index contributed by atoms with van der Waals surface area (Å²) in [6, 6.07) is 5.57. The van der Waals surface area contributed by atoms with Crippen molar-refractivity contribution in [1.29, 1.82) is 0 Å². The van der Waals surface area contributed by atoms with Crippen LogP contribution < -0.4 is 4.43 Å². The van der Waals surface area contributed by atoms with Crippen molar-refractivity contribution >= 4 is 30.2 Å². The Kier molecular flexibility index (Phi) is 5.08. The molecule has 5 heteroatoms. The lowest BCUT2D eigenvalue weighted by Gasteiger charge is -2.37. The van der Waals surface area contributed by atoms with Crippen molar-refractivity contribution in [2.75, 3.05) is 14.1 Å². The van der Waals surface area contributed by atoms with E-state index < -0.39 is 8.32 Å². The van der Waals surface area contributed by atoms with Gasteiger partial charge in [0.25, 0.3) is 14.2 Å². The van der Waals surface area contributed by atoms with E-state index in [1.807, 2.05) is 18.2 Å². The van der Waals surface area contributed by atoms with Crippen LogP contribution in [0.5, 0.6) is 5.75 Å². The molecule has 1 aromatic rings. The maximum atomic E-state index is 12.3. The fourth-order valence-electron chi connectivity index (χ4n) is 1.43. The van der Waals surface area contributed by atoms with Gasteiger partial charge in [-0.15, -0.1) is 0 Å². The largest absolute Gasteiger partial charge is 0.543 e. The van der Waals surface area contributed by atoms with E-state index in [0.29, 0.717) is 11.3 Å². The summed E-state index contributed by atoms with van der Waals surface area (Å²) in [5.74, 6) is 0.635. The SMILES string of the molecule is CN(C)C(=O)c1ccc(Br)cc1O[Si](C)(C)C(C)(C)C. The molecule has 0 aliphatic heterocycles. The molecule has 0 aliphatic carbocycles. The third kappa shape index (κ3) is 3.85. The monoisotopic (exact) mass is 357 g/mol. The second kappa shape index (κ2) is 5.90. The molecule has 112 valence electrons. The Morgan fingerprint density at radius 2 is 1.80 bits per heavy atom. The van der Waals surface area contributed by atoms with Gasteiger partial charge in [-0.3, -0.25) is 4.79 Å². The Labute approximate surface area is 131 Å². The van der Waals surface area contributed by atoms with Gasteiger partial charge in [0.1, 0.15) is 5.75 Å². The Morgan fingerprint density at radius 1 is 1.25 bits per heavy atom. The Balaban J connectivity index is 3.24. The summed E-state index contributed by atoms with van der Waals surface area (Å²) in [4.78, 5) is 13.8. The van der Waals surface area contributed by atoms with Crippen molar-refractivity contribution in [3.8, 4) is 5.75 Å². The summed E-state index contributed by atoms with van der Waals surface area (Å²) in [6.45, 7) is 10.9. The van der Waals surface area contributed by atoms with E-state index in [4.69, 9.17) is 4.43 Å². The van der Waals surface area contributed by atoms with Crippen molar-refractivity contribution in [2.24, 2.45) is 0 Å². The highest BCUT2D eigenvalue weighted by atomic mass is 79.9. The summed E-state index contributed by atoms with van der Waals surface area (Å²) in [7, 11) is 1.53. The van der Waals surface area contributed by atoms with E-state index in [2.05, 4.69) is 49.8 Å². The van der Waals surface area contributed by atoms with Crippen LogP contribution in [0.3, 0.4) is 0 Å². The number of hydrogen-bond donors (Lipinski definition) is 0. The molecule has 0 N–H and O–H groups in total. The number of amides is 1. The molecule has 0 heterocycles. The number of benzene rings is 1. The number of carbonyl (C=O) groups excluding carboxylic acids is 1. The molecule has 0 saturated heterocycles. The lowest BCUT2D eigenvalue weighted by Crippen LogP contribution is -2.44. The molecular weight excluding hydrogens is 334 g/mol. The van der Waals surface area contributed by atoms with Crippen LogP contribution in [0.1, 0.15) is 31.1 Å². The molecule has 0 fully saturated rings. The number of hydrogen-bond acceptors (Lipinski definition) is 2. The van der Waals surface area contributed by atoms with Crippen molar-refractivity contribution in [1.82, 2.24) is 4.90 Å². The lowest BCUT2D eigenvalue weighted by atomic mass is 10.2. The molecule has 1 aromatic carbocycles. The van der Waals surface area contributed by atoms with Crippen LogP contribution in [0.4, 0.5) is 0 Å². The maximum Gasteiger partial charge on any atom is 0.257 e. The van der Waals surface area contributed by atoms with E-state index >= 15 is 0 Å². The van der Waals surface area contributed by atoms with Crippen LogP contribution in [-0.2, 0) is 0 Å². The molecule has 20 heavy (non-hydrogen) atoms. The molecule has 0 spiro atoms. The van der Waals surface area contributed by atoms with Crippen LogP contribution in [0.25, 0.3) is 0 Å². The van der Waals surface area contributed by atoms with Gasteiger partial charge in [-0.05, 0) is 36.3 Å². The molecule has 0 aromatic heterocycles. The molecule has 0 radical (unpaired) electrons. The van der Waals surface area contributed by atoms with E-state index in [1.165, 1.54) is 0 Å². The zero-order valence-corrected chi connectivity index (χ0v) is 16.0. The number of halogens is 1. The Morgan fingerprint density at radius 3 is 2.25 bits per heavy atom. The van der Waals surface area contributed by atoms with Crippen molar-refractivity contribution in [3.05, 3.63) is 28.2 Å². The predicted octanol–water partition coefficient (Wildman–Crippen LogP) is 4.53. The van der Waals surface area contributed by atoms with Gasteiger partial charge in [0.2, 0.25) is 0 Å². The molecule has 1 amide bonds. The molecule has 3 nitrogen and oxygen atoms in total. The van der Waals surface area contributed by atoms with Crippen molar-refractivity contribution < 1.29 is 9.22 Å². The first-order valence-electron chi connectivity index (χ1n) is 6.66. The molecule has 0 saturated carbocycles. The summed E-state index contributed by atoms with van der Waals surface area (Å²) < 4.78 is 7.23. The van der Waals surface area contributed by atoms with Gasteiger partial charge in [-0.25, -0.2) is 0 Å². The topological polar surface area (TPSA) is 29.5 Å². The van der Waals surface area contributed by atoms with Crippen LogP contribution >= 0.6 is 15.9 Å². The quantitative estimate of drug-likeness (QED) is 0.743. The van der Waals surface area contributed by atoms with Gasteiger partial charge in [0.15, 0.2) is 0 Å². The number of carbonyl (C=O) groups is 1. The number of rotatable bonds is 3. The van der Waals surface area contributed by atoms with Gasteiger partial charge in [0.05, 0.1) is 5.56 Å². The van der Waals surface area contributed by atoms with Crippen molar-refractivity contribution in [2.45, 2.75) is 38.9 Å². The van der Waals surface area contributed by atoms with E-state index in [1.54, 1.807) is 19.0 Å². The maximum absolute atomic E-state index is 12.3. The average molecular weight is 358 g/mol. The second-order valence-corrected chi connectivity index (χ2v) is 12.3. The Bertz CT molecular complexity index is 507. The number of nitrogens with zero attached hydrogens (tertiary/aromatic N) is 1. The minimum Gasteiger partial charge on any atom is -0.543 e. The smallest absolute Gasteiger partial charge is 0.257 e. The minimum atomic E-state index is -1.97. The molecule has 1 rings (SSSR count). The fourth-order valence-corrected chi connectivity index (χ4v) is 2.79. The summed E-state index contributed by atoms with van der Waals surface area (Å²) in [5.41, 5.74) is 0.614. The summed E-state index contributed by atoms with van der Waals surface area (Å²) in [5, 5.41) is 0.0910. The zero-order chi connectivity index (χ0) is 15.7. The van der Waals surface area contributed by atoms with Gasteiger partial charge in [-0.1, -0.05) is 36.7 Å². The molecule has 0 unspecified atom stereocenters. The summed E-state index contributed by atoms with van der Waals surface area (Å²) in [6.07, 6.45) is 0. The Hall–Kier alpha value is -0.813. The van der Waals surface area contributed by atoms with Crippen LogP contribution in [0.15, 0.2) is 22.7 Å². The zero-order valence-electron chi connectivity index (χ0n) is 13.4. The second-order valence-electron chi connectivity index (χ2n) is 6.70. The minimum absolute atomic E-state index is 0.0359. The predicted molar refractivity (Wildman–Crippen MR) is 90.0 cm³/mol. The van der Waals surface area contributed by atoms with Gasteiger partial charge in [0, 0.05) is 18.6 Å². The van der Waals surface area contributed by atoms with E-state index in [9.17, 15) is 4.79 Å². The molecular formula is C15H24BrNO2Si. The molecule has 0 atom stereocenters. The van der Waals surface area contributed by atoms with Crippen molar-refractivity contribution in [3.63, 3.8) is 0 Å². The third-order valence-corrected chi connectivity index (χ3v) is 8.59. The summed E-state index contributed by atoms with van der Waals surface area (Å²) >= 11 is 3.45. The third-order valence-electron chi connectivity index (χ3n) is 3.75. The molecule has 0 bridgehead atoms. The first-order chi connectivity index (χ1) is 8.95. The standard InChI is InChI=1S/C15H24BrNO2Si/c1-15(2,3)20(6,7)19-13-10-11(16)8-9-12(13)14(18)17(4)5/h8-10H,1-7H3. The normalized spacial score (nSPS) is 12.2. The first-order valence-corrected chi connectivity index (χ1v) is 10.4. The van der Waals surface area contributed by atoms with Crippen LogP contribution in [0, 0.1) is 0 Å². The van der Waals surface area contributed by atoms with E-state index in [0.717, 1.165) is 4.47 Å². The van der Waals surface area contributed by atoms with Gasteiger partial charge < -0.3 is 9.33 Å². The highest BCUT2D eigenvalue weighted by Gasteiger charge is 2.39. The lowest BCUT2D eigenvalue weighted by molar-refractivity contribution is 0.0825. The first kappa shape index (κ1) is 17.2. The van der Waals surface area contributed by atoms with Gasteiger partial charge in [-0.2, -0.15) is 0 Å². The fraction of sp³-hybridized carbons (Fsp3) is 0.533. The van der Waals surface area contributed by atoms with E-state index in [-0.39, 0.29) is 10.9 Å². The van der Waals surface area contributed by atoms with Crippen LogP contribution in [0.2, 0.25) is 18.1 Å². The highest BCUT2D eigenvalue weighted by molar-refractivity contribution is 9.10. The average Bonchev–Trinajstić information content (AvgIpc) is 2.26.